The summed E-state index contributed by atoms with van der Waals surface area (Å²) in [5, 5.41) is 0. The van der Waals surface area contributed by atoms with Crippen LogP contribution < -0.4 is 0 Å². The van der Waals surface area contributed by atoms with Gasteiger partial charge in [-0.15, -0.1) is 0 Å². The molecule has 0 aromatic rings. The van der Waals surface area contributed by atoms with E-state index >= 15 is 0 Å². The zero-order valence-electron chi connectivity index (χ0n) is 17.1. The lowest BCUT2D eigenvalue weighted by Gasteiger charge is -2.16. The SMILES string of the molecule is CCCCCCCCCCCCCC1CCCCCCCCCC1. The van der Waals surface area contributed by atoms with E-state index in [9.17, 15) is 0 Å². The van der Waals surface area contributed by atoms with Gasteiger partial charge in [-0.2, -0.15) is 0 Å². The molecule has 0 saturated heterocycles. The van der Waals surface area contributed by atoms with Gasteiger partial charge >= 0.3 is 0 Å². The van der Waals surface area contributed by atoms with E-state index in [2.05, 4.69) is 6.92 Å². The van der Waals surface area contributed by atoms with Gasteiger partial charge in [0.05, 0.1) is 0 Å². The molecule has 0 spiro atoms. The van der Waals surface area contributed by atoms with E-state index in [1.807, 2.05) is 0 Å². The van der Waals surface area contributed by atoms with Crippen molar-refractivity contribution in [2.75, 3.05) is 0 Å². The van der Waals surface area contributed by atoms with Gasteiger partial charge in [-0.1, -0.05) is 148 Å². The van der Waals surface area contributed by atoms with Crippen molar-refractivity contribution in [2.45, 2.75) is 148 Å². The predicted molar refractivity (Wildman–Crippen MR) is 111 cm³/mol. The van der Waals surface area contributed by atoms with Gasteiger partial charge in [-0.25, -0.2) is 0 Å². The van der Waals surface area contributed by atoms with E-state index in [0.29, 0.717) is 0 Å². The number of hydrogen-bond acceptors (Lipinski definition) is 0. The summed E-state index contributed by atoms with van der Waals surface area (Å²) in [5.74, 6) is 1.07. The molecule has 24 heavy (non-hydrogen) atoms. The van der Waals surface area contributed by atoms with Gasteiger partial charge in [-0.05, 0) is 5.92 Å². The fourth-order valence-electron chi connectivity index (χ4n) is 4.46. The lowest BCUT2D eigenvalue weighted by Crippen LogP contribution is -2.01. The van der Waals surface area contributed by atoms with E-state index in [4.69, 9.17) is 0 Å². The third-order valence-corrected chi connectivity index (χ3v) is 6.19. The van der Waals surface area contributed by atoms with E-state index < -0.39 is 0 Å². The predicted octanol–water partition coefficient (Wildman–Crippen LogP) is 9.22. The maximum atomic E-state index is 2.31. The molecular weight excluding hydrogens is 288 g/mol. The van der Waals surface area contributed by atoms with Crippen LogP contribution in [0.1, 0.15) is 148 Å². The molecule has 0 aliphatic heterocycles. The largest absolute Gasteiger partial charge is 0.0654 e. The molecule has 0 nitrogen and oxygen atoms in total. The Hall–Kier alpha value is 0. The Bertz CT molecular complexity index is 220. The topological polar surface area (TPSA) is 0 Å². The molecule has 0 unspecified atom stereocenters. The van der Waals surface area contributed by atoms with Crippen molar-refractivity contribution >= 4 is 0 Å². The van der Waals surface area contributed by atoms with Crippen LogP contribution in [-0.2, 0) is 0 Å². The molecule has 1 aliphatic rings. The molecule has 0 heterocycles. The van der Waals surface area contributed by atoms with Crippen molar-refractivity contribution in [1.29, 1.82) is 0 Å². The summed E-state index contributed by atoms with van der Waals surface area (Å²) in [4.78, 5) is 0. The van der Waals surface area contributed by atoms with Gasteiger partial charge in [0.25, 0.3) is 0 Å². The Morgan fingerprint density at radius 2 is 0.833 bits per heavy atom. The molecule has 0 N–H and O–H groups in total. The third-order valence-electron chi connectivity index (χ3n) is 6.19. The lowest BCUT2D eigenvalue weighted by molar-refractivity contribution is 0.372. The second-order valence-electron chi connectivity index (χ2n) is 8.60. The first-order chi connectivity index (χ1) is 11.9. The maximum Gasteiger partial charge on any atom is -0.0414 e. The first-order valence-electron chi connectivity index (χ1n) is 11.9. The van der Waals surface area contributed by atoms with E-state index in [1.165, 1.54) is 141 Å². The van der Waals surface area contributed by atoms with Crippen molar-refractivity contribution in [1.82, 2.24) is 0 Å². The van der Waals surface area contributed by atoms with E-state index in [-0.39, 0.29) is 0 Å². The summed E-state index contributed by atoms with van der Waals surface area (Å²) in [6.45, 7) is 2.31. The summed E-state index contributed by atoms with van der Waals surface area (Å²) in [5.41, 5.74) is 0. The molecule has 1 aliphatic carbocycles. The Morgan fingerprint density at radius 3 is 1.29 bits per heavy atom. The number of unbranched alkanes of at least 4 members (excludes halogenated alkanes) is 10. The fraction of sp³-hybridized carbons (Fsp3) is 1.00. The highest BCUT2D eigenvalue weighted by atomic mass is 14.2. The average molecular weight is 337 g/mol. The van der Waals surface area contributed by atoms with Gasteiger partial charge in [0, 0.05) is 0 Å². The molecule has 0 atom stereocenters. The number of rotatable bonds is 12. The second kappa shape index (κ2) is 17.8. The molecule has 0 aromatic carbocycles. The van der Waals surface area contributed by atoms with Crippen LogP contribution >= 0.6 is 0 Å². The van der Waals surface area contributed by atoms with E-state index in [1.54, 1.807) is 0 Å². The standard InChI is InChI=1S/C24H48/c1-2-3-4-5-6-7-8-9-12-15-18-21-24-22-19-16-13-10-11-14-17-20-23-24/h24H,2-23H2,1H3. The van der Waals surface area contributed by atoms with Crippen molar-refractivity contribution in [3.05, 3.63) is 0 Å². The van der Waals surface area contributed by atoms with Crippen LogP contribution in [0.4, 0.5) is 0 Å². The highest BCUT2D eigenvalue weighted by Gasteiger charge is 2.09. The molecule has 0 aromatic heterocycles. The van der Waals surface area contributed by atoms with Crippen molar-refractivity contribution < 1.29 is 0 Å². The molecular formula is C24H48. The first kappa shape index (κ1) is 22.0. The van der Waals surface area contributed by atoms with Crippen LogP contribution in [0.5, 0.6) is 0 Å². The minimum absolute atomic E-state index is 1.07. The summed E-state index contributed by atoms with van der Waals surface area (Å²) in [6, 6.07) is 0. The average Bonchev–Trinajstić information content (AvgIpc) is 2.65. The Morgan fingerprint density at radius 1 is 0.458 bits per heavy atom. The highest BCUT2D eigenvalue weighted by Crippen LogP contribution is 2.25. The summed E-state index contributed by atoms with van der Waals surface area (Å²) in [6.07, 6.45) is 33.0. The Labute approximate surface area is 154 Å². The van der Waals surface area contributed by atoms with Crippen LogP contribution in [0.2, 0.25) is 0 Å². The van der Waals surface area contributed by atoms with Crippen LogP contribution in [-0.4, -0.2) is 0 Å². The van der Waals surface area contributed by atoms with Gasteiger partial charge in [-0.3, -0.25) is 0 Å². The Kier molecular flexibility index (Phi) is 16.4. The van der Waals surface area contributed by atoms with Crippen LogP contribution in [0.25, 0.3) is 0 Å². The summed E-state index contributed by atoms with van der Waals surface area (Å²) < 4.78 is 0. The molecule has 1 fully saturated rings. The molecule has 0 heteroatoms. The minimum Gasteiger partial charge on any atom is -0.0654 e. The van der Waals surface area contributed by atoms with Gasteiger partial charge in [0.2, 0.25) is 0 Å². The van der Waals surface area contributed by atoms with Gasteiger partial charge in [0.1, 0.15) is 0 Å². The van der Waals surface area contributed by atoms with Crippen LogP contribution in [0.3, 0.4) is 0 Å². The smallest absolute Gasteiger partial charge is 0.0414 e. The van der Waals surface area contributed by atoms with Crippen LogP contribution in [0, 0.1) is 5.92 Å². The molecule has 0 amide bonds. The maximum absolute atomic E-state index is 2.31. The van der Waals surface area contributed by atoms with Crippen molar-refractivity contribution in [3.63, 3.8) is 0 Å². The molecule has 0 bridgehead atoms. The van der Waals surface area contributed by atoms with Crippen molar-refractivity contribution in [2.24, 2.45) is 5.92 Å². The minimum atomic E-state index is 1.07. The normalized spacial score (nSPS) is 18.4. The second-order valence-corrected chi connectivity index (χ2v) is 8.60. The zero-order valence-corrected chi connectivity index (χ0v) is 17.1. The molecule has 0 radical (unpaired) electrons. The first-order valence-corrected chi connectivity index (χ1v) is 11.9. The lowest BCUT2D eigenvalue weighted by atomic mass is 9.90. The zero-order chi connectivity index (χ0) is 17.1. The summed E-state index contributed by atoms with van der Waals surface area (Å²) in [7, 11) is 0. The molecule has 1 saturated carbocycles. The number of hydrogen-bond donors (Lipinski definition) is 0. The third kappa shape index (κ3) is 14.4. The van der Waals surface area contributed by atoms with Gasteiger partial charge in [0.15, 0.2) is 0 Å². The Balaban J connectivity index is 1.90. The quantitative estimate of drug-likeness (QED) is 0.311. The monoisotopic (exact) mass is 336 g/mol. The molecule has 144 valence electrons. The fourth-order valence-corrected chi connectivity index (χ4v) is 4.46. The van der Waals surface area contributed by atoms with Crippen LogP contribution in [0.15, 0.2) is 0 Å². The van der Waals surface area contributed by atoms with E-state index in [0.717, 1.165) is 5.92 Å². The summed E-state index contributed by atoms with van der Waals surface area (Å²) >= 11 is 0. The molecule has 1 rings (SSSR count). The van der Waals surface area contributed by atoms with Crippen molar-refractivity contribution in [3.8, 4) is 0 Å². The highest BCUT2D eigenvalue weighted by molar-refractivity contribution is 4.63. The van der Waals surface area contributed by atoms with Gasteiger partial charge < -0.3 is 0 Å².